The lowest BCUT2D eigenvalue weighted by Gasteiger charge is -2.46. The summed E-state index contributed by atoms with van der Waals surface area (Å²) in [6.07, 6.45) is 3.23. The lowest BCUT2D eigenvalue weighted by atomic mass is 10.0. The maximum absolute atomic E-state index is 12.8. The molecule has 2 amide bonds. The molecule has 3 rings (SSSR count). The lowest BCUT2D eigenvalue weighted by molar-refractivity contribution is -0.298. The van der Waals surface area contributed by atoms with Crippen molar-refractivity contribution in [2.24, 2.45) is 11.8 Å². The zero-order valence-corrected chi connectivity index (χ0v) is 20.8. The van der Waals surface area contributed by atoms with Crippen LogP contribution in [-0.2, 0) is 23.8 Å². The Bertz CT molecular complexity index is 596. The van der Waals surface area contributed by atoms with Crippen LogP contribution in [0.2, 0.25) is 0 Å². The van der Waals surface area contributed by atoms with E-state index in [-0.39, 0.29) is 12.5 Å². The van der Waals surface area contributed by atoms with Gasteiger partial charge < -0.3 is 29.3 Å². The van der Waals surface area contributed by atoms with Crippen molar-refractivity contribution in [3.8, 4) is 0 Å². The number of rotatable bonds is 11. The molecule has 3 aliphatic rings. The monoisotopic (exact) mass is 468 g/mol. The Kier molecular flexibility index (Phi) is 10.4. The number of hydrogen-bond acceptors (Lipinski definition) is 7. The van der Waals surface area contributed by atoms with Crippen molar-refractivity contribution in [2.45, 2.75) is 51.9 Å². The Balaban J connectivity index is 1.34. The molecule has 1 spiro atoms. The summed E-state index contributed by atoms with van der Waals surface area (Å²) in [4.78, 5) is 30.0. The van der Waals surface area contributed by atoms with Crippen molar-refractivity contribution < 1.29 is 23.8 Å². The Morgan fingerprint density at radius 1 is 1.12 bits per heavy atom. The second-order valence-corrected chi connectivity index (χ2v) is 10.3. The maximum atomic E-state index is 12.8. The molecule has 9 heteroatoms. The first-order chi connectivity index (χ1) is 15.9. The van der Waals surface area contributed by atoms with E-state index in [1.807, 2.05) is 4.90 Å². The average Bonchev–Trinajstić information content (AvgIpc) is 2.80. The molecule has 9 nitrogen and oxygen atoms in total. The van der Waals surface area contributed by atoms with Gasteiger partial charge in [0.1, 0.15) is 0 Å². The van der Waals surface area contributed by atoms with Crippen LogP contribution in [0.5, 0.6) is 0 Å². The van der Waals surface area contributed by atoms with E-state index in [4.69, 9.17) is 14.2 Å². The molecule has 0 saturated carbocycles. The first-order valence-electron chi connectivity index (χ1n) is 12.7. The smallest absolute Gasteiger partial charge is 0.242 e. The number of ether oxygens (including phenoxy) is 3. The highest BCUT2D eigenvalue weighted by atomic mass is 16.7. The van der Waals surface area contributed by atoms with Gasteiger partial charge in [-0.1, -0.05) is 13.8 Å². The summed E-state index contributed by atoms with van der Waals surface area (Å²) in [5.74, 6) is 0.449. The summed E-state index contributed by atoms with van der Waals surface area (Å²) in [5, 5.41) is 3.43. The quantitative estimate of drug-likeness (QED) is 0.449. The van der Waals surface area contributed by atoms with Gasteiger partial charge >= 0.3 is 0 Å². The fourth-order valence-electron chi connectivity index (χ4n) is 4.96. The molecule has 0 aromatic carbocycles. The van der Waals surface area contributed by atoms with Gasteiger partial charge in [0, 0.05) is 70.6 Å². The molecule has 0 bridgehead atoms. The van der Waals surface area contributed by atoms with Gasteiger partial charge in [-0.25, -0.2) is 0 Å². The molecule has 0 aromatic heterocycles. The number of carbonyl (C=O) groups is 2. The second-order valence-electron chi connectivity index (χ2n) is 10.3. The summed E-state index contributed by atoms with van der Waals surface area (Å²) >= 11 is 0. The summed E-state index contributed by atoms with van der Waals surface area (Å²) in [5.41, 5.74) is 0. The van der Waals surface area contributed by atoms with Crippen LogP contribution >= 0.6 is 0 Å². The predicted octanol–water partition coefficient (Wildman–Crippen LogP) is 0.783. The topological polar surface area (TPSA) is 83.6 Å². The number of likely N-dealkylation sites (tertiary alicyclic amines) is 1. The zero-order valence-electron chi connectivity index (χ0n) is 20.8. The van der Waals surface area contributed by atoms with Crippen LogP contribution < -0.4 is 5.32 Å². The Labute approximate surface area is 199 Å². The molecule has 1 N–H and O–H groups in total. The van der Waals surface area contributed by atoms with Crippen molar-refractivity contribution in [3.05, 3.63) is 0 Å². The van der Waals surface area contributed by atoms with E-state index in [1.165, 1.54) is 0 Å². The third-order valence-corrected chi connectivity index (χ3v) is 6.87. The first kappa shape index (κ1) is 26.3. The van der Waals surface area contributed by atoms with Crippen LogP contribution in [0.15, 0.2) is 0 Å². The number of morpholine rings is 1. The van der Waals surface area contributed by atoms with E-state index in [0.717, 1.165) is 45.7 Å². The fourth-order valence-corrected chi connectivity index (χ4v) is 4.96. The van der Waals surface area contributed by atoms with Crippen LogP contribution in [0, 0.1) is 11.8 Å². The molecule has 3 saturated heterocycles. The van der Waals surface area contributed by atoms with E-state index in [2.05, 4.69) is 31.0 Å². The predicted molar refractivity (Wildman–Crippen MR) is 126 cm³/mol. The number of nitrogens with zero attached hydrogens (tertiary/aromatic N) is 3. The second kappa shape index (κ2) is 13.0. The van der Waals surface area contributed by atoms with E-state index < -0.39 is 5.79 Å². The Morgan fingerprint density at radius 2 is 1.79 bits per heavy atom. The van der Waals surface area contributed by atoms with E-state index in [9.17, 15) is 9.59 Å². The van der Waals surface area contributed by atoms with Crippen molar-refractivity contribution in [3.63, 3.8) is 0 Å². The number of carbonyl (C=O) groups excluding carboxylic acids is 2. The third kappa shape index (κ3) is 8.47. The molecule has 3 fully saturated rings. The van der Waals surface area contributed by atoms with E-state index in [1.54, 1.807) is 4.90 Å². The van der Waals surface area contributed by atoms with E-state index in [0.29, 0.717) is 70.1 Å². The van der Waals surface area contributed by atoms with Gasteiger partial charge in [0.15, 0.2) is 5.79 Å². The third-order valence-electron chi connectivity index (χ3n) is 6.87. The van der Waals surface area contributed by atoms with Crippen molar-refractivity contribution in [1.82, 2.24) is 20.0 Å². The molecule has 190 valence electrons. The molecule has 0 aliphatic carbocycles. The molecule has 0 radical (unpaired) electrons. The molecule has 33 heavy (non-hydrogen) atoms. The van der Waals surface area contributed by atoms with Crippen LogP contribution in [0.3, 0.4) is 0 Å². The number of nitrogens with one attached hydrogen (secondary N) is 1. The molecule has 1 atom stereocenters. The standard InChI is InChI=1S/C24H44N4O5/c1-20(2)14-21(3)25-6-9-27(19-29)16-23(30)28-7-4-24(5-8-28)32-17-22(18-33-24)15-26-10-12-31-13-11-26/h19-22,25H,4-18H2,1-3H3. The highest BCUT2D eigenvalue weighted by molar-refractivity contribution is 5.80. The first-order valence-corrected chi connectivity index (χ1v) is 12.7. The van der Waals surface area contributed by atoms with Gasteiger partial charge in [-0.05, 0) is 19.3 Å². The Morgan fingerprint density at radius 3 is 2.39 bits per heavy atom. The number of piperidine rings is 1. The fraction of sp³-hybridized carbons (Fsp3) is 0.917. The maximum Gasteiger partial charge on any atom is 0.242 e. The molecule has 3 aliphatic heterocycles. The minimum absolute atomic E-state index is 0.00631. The average molecular weight is 469 g/mol. The van der Waals surface area contributed by atoms with Crippen LogP contribution in [0.4, 0.5) is 0 Å². The van der Waals surface area contributed by atoms with Gasteiger partial charge in [0.05, 0.1) is 33.0 Å². The molecular formula is C24H44N4O5. The van der Waals surface area contributed by atoms with Gasteiger partial charge in [-0.3, -0.25) is 14.5 Å². The summed E-state index contributed by atoms with van der Waals surface area (Å²) in [7, 11) is 0. The van der Waals surface area contributed by atoms with Gasteiger partial charge in [0.2, 0.25) is 12.3 Å². The summed E-state index contributed by atoms with van der Waals surface area (Å²) in [6.45, 7) is 15.0. The van der Waals surface area contributed by atoms with Crippen LogP contribution in [0.1, 0.15) is 40.0 Å². The lowest BCUT2D eigenvalue weighted by Crippen LogP contribution is -2.55. The normalized spacial score (nSPS) is 23.1. The highest BCUT2D eigenvalue weighted by Crippen LogP contribution is 2.32. The molecule has 1 unspecified atom stereocenters. The van der Waals surface area contributed by atoms with E-state index >= 15 is 0 Å². The highest BCUT2D eigenvalue weighted by Gasteiger charge is 2.41. The molecule has 3 heterocycles. The Hall–Kier alpha value is -1.26. The van der Waals surface area contributed by atoms with Gasteiger partial charge in [-0.15, -0.1) is 0 Å². The summed E-state index contributed by atoms with van der Waals surface area (Å²) in [6, 6.07) is 0.399. The van der Waals surface area contributed by atoms with Crippen molar-refractivity contribution >= 4 is 12.3 Å². The van der Waals surface area contributed by atoms with Gasteiger partial charge in [-0.2, -0.15) is 0 Å². The SMILES string of the molecule is CC(C)CC(C)NCCN(C=O)CC(=O)N1CCC2(CC1)OCC(CN1CCOCC1)CO2. The van der Waals surface area contributed by atoms with Crippen LogP contribution in [-0.4, -0.2) is 118 Å². The minimum atomic E-state index is -0.556. The number of hydrogen-bond donors (Lipinski definition) is 1. The van der Waals surface area contributed by atoms with Crippen molar-refractivity contribution in [2.75, 3.05) is 78.8 Å². The number of amides is 2. The molecule has 0 aromatic rings. The van der Waals surface area contributed by atoms with Crippen LogP contribution in [0.25, 0.3) is 0 Å². The summed E-state index contributed by atoms with van der Waals surface area (Å²) < 4.78 is 17.8. The van der Waals surface area contributed by atoms with Crippen molar-refractivity contribution in [1.29, 1.82) is 0 Å². The zero-order chi connectivity index (χ0) is 23.7. The van der Waals surface area contributed by atoms with Gasteiger partial charge in [0.25, 0.3) is 0 Å². The molecular weight excluding hydrogens is 424 g/mol. The largest absolute Gasteiger partial charge is 0.379 e. The minimum Gasteiger partial charge on any atom is -0.379 e.